The fourth-order valence-electron chi connectivity index (χ4n) is 1.89. The van der Waals surface area contributed by atoms with Crippen LogP contribution < -0.4 is 0 Å². The minimum atomic E-state index is -1.68. The van der Waals surface area contributed by atoms with Crippen LogP contribution in [0.2, 0.25) is 19.6 Å². The van der Waals surface area contributed by atoms with Crippen molar-refractivity contribution in [3.8, 4) is 0 Å². The van der Waals surface area contributed by atoms with E-state index in [0.717, 1.165) is 5.20 Å². The minimum absolute atomic E-state index is 0.0108. The number of allylic oxidation sites excluding steroid dienone is 1. The predicted octanol–water partition coefficient (Wildman–Crippen LogP) is 3.49. The average Bonchev–Trinajstić information content (AvgIpc) is 1.79. The van der Waals surface area contributed by atoms with Crippen LogP contribution in [0.4, 0.5) is 0 Å². The Balaban J connectivity index is 5.57. The molecule has 0 saturated carbocycles. The summed E-state index contributed by atoms with van der Waals surface area (Å²) in [6, 6.07) is 0. The molecule has 0 aliphatic heterocycles. The summed E-state index contributed by atoms with van der Waals surface area (Å²) in [5.41, 5.74) is -0.167. The summed E-state index contributed by atoms with van der Waals surface area (Å²) in [6.45, 7) is 12.3. The second-order valence-electron chi connectivity index (χ2n) is 5.49. The van der Waals surface area contributed by atoms with Crippen molar-refractivity contribution in [1.82, 2.24) is 0 Å². The first kappa shape index (κ1) is 13.7. The van der Waals surface area contributed by atoms with Crippen LogP contribution in [0, 0.1) is 5.41 Å². The zero-order valence-corrected chi connectivity index (χ0v) is 11.5. The third-order valence-corrected chi connectivity index (χ3v) is 4.92. The Morgan fingerprint density at radius 2 is 1.57 bits per heavy atom. The number of carboxylic acid groups (broad SMARTS) is 1. The van der Waals surface area contributed by atoms with Gasteiger partial charge in [-0.3, -0.25) is 0 Å². The second-order valence-corrected chi connectivity index (χ2v) is 10.9. The Labute approximate surface area is 92.0 Å². The van der Waals surface area contributed by atoms with E-state index in [9.17, 15) is 4.79 Å². The summed E-state index contributed by atoms with van der Waals surface area (Å²) < 4.78 is 0. The monoisotopic (exact) mass is 234 g/mol. The SMILES string of the molecule is CC(C)(C)C(=C(Cl)C(=O)O)[Si](C)(C)C. The number of hydrogen-bond donors (Lipinski definition) is 1. The molecule has 0 radical (unpaired) electrons. The first-order valence-electron chi connectivity index (χ1n) is 4.62. The molecule has 1 N–H and O–H groups in total. The lowest BCUT2D eigenvalue weighted by Gasteiger charge is -2.33. The van der Waals surface area contributed by atoms with Crippen LogP contribution in [0.15, 0.2) is 10.2 Å². The summed E-state index contributed by atoms with van der Waals surface area (Å²) in [7, 11) is -1.68. The maximum absolute atomic E-state index is 10.9. The Bertz CT molecular complexity index is 253. The van der Waals surface area contributed by atoms with Gasteiger partial charge < -0.3 is 5.11 Å². The van der Waals surface area contributed by atoms with Gasteiger partial charge in [0.05, 0.1) is 8.07 Å². The predicted molar refractivity (Wildman–Crippen MR) is 63.3 cm³/mol. The molecule has 82 valence electrons. The van der Waals surface area contributed by atoms with E-state index in [1.807, 2.05) is 20.8 Å². The van der Waals surface area contributed by atoms with Gasteiger partial charge in [0.15, 0.2) is 0 Å². The van der Waals surface area contributed by atoms with Gasteiger partial charge >= 0.3 is 5.97 Å². The summed E-state index contributed by atoms with van der Waals surface area (Å²) in [5, 5.41) is 9.84. The summed E-state index contributed by atoms with van der Waals surface area (Å²) >= 11 is 5.87. The van der Waals surface area contributed by atoms with E-state index in [2.05, 4.69) is 19.6 Å². The molecular formula is C10H19ClO2Si. The molecule has 0 aromatic heterocycles. The summed E-state index contributed by atoms with van der Waals surface area (Å²) in [6.07, 6.45) is 0. The smallest absolute Gasteiger partial charge is 0.346 e. The fraction of sp³-hybridized carbons (Fsp3) is 0.700. The van der Waals surface area contributed by atoms with Crippen molar-refractivity contribution >= 4 is 25.6 Å². The lowest BCUT2D eigenvalue weighted by atomic mass is 9.95. The van der Waals surface area contributed by atoms with Gasteiger partial charge in [-0.1, -0.05) is 57.2 Å². The normalized spacial score (nSPS) is 15.1. The molecule has 14 heavy (non-hydrogen) atoms. The maximum Gasteiger partial charge on any atom is 0.346 e. The maximum atomic E-state index is 10.9. The van der Waals surface area contributed by atoms with Crippen molar-refractivity contribution in [2.45, 2.75) is 40.4 Å². The Morgan fingerprint density at radius 1 is 1.21 bits per heavy atom. The zero-order chi connectivity index (χ0) is 11.7. The first-order chi connectivity index (χ1) is 5.98. The average molecular weight is 235 g/mol. The van der Waals surface area contributed by atoms with Crippen molar-refractivity contribution in [3.05, 3.63) is 10.2 Å². The highest BCUT2D eigenvalue weighted by molar-refractivity contribution is 6.84. The van der Waals surface area contributed by atoms with Crippen LogP contribution in [-0.4, -0.2) is 19.1 Å². The van der Waals surface area contributed by atoms with E-state index in [-0.39, 0.29) is 10.4 Å². The third kappa shape index (κ3) is 3.46. The summed E-state index contributed by atoms with van der Waals surface area (Å²) in [5.74, 6) is -1.01. The van der Waals surface area contributed by atoms with Gasteiger partial charge in [-0.05, 0) is 5.41 Å². The van der Waals surface area contributed by atoms with E-state index in [0.29, 0.717) is 0 Å². The Hall–Kier alpha value is -0.283. The van der Waals surface area contributed by atoms with Crippen molar-refractivity contribution in [3.63, 3.8) is 0 Å². The standard InChI is InChI=1S/C10H19ClO2Si/c1-10(2,3)8(14(4,5)6)7(11)9(12)13/h1-6H3,(H,12,13). The molecule has 0 aromatic rings. The van der Waals surface area contributed by atoms with Gasteiger partial charge in [-0.15, -0.1) is 0 Å². The van der Waals surface area contributed by atoms with Crippen LogP contribution in [0.3, 0.4) is 0 Å². The van der Waals surface area contributed by atoms with Gasteiger partial charge in [-0.2, -0.15) is 0 Å². The van der Waals surface area contributed by atoms with Crippen LogP contribution >= 0.6 is 11.6 Å². The molecule has 0 aromatic carbocycles. The quantitative estimate of drug-likeness (QED) is 0.587. The third-order valence-electron chi connectivity index (χ3n) is 1.91. The van der Waals surface area contributed by atoms with Crippen molar-refractivity contribution < 1.29 is 9.90 Å². The van der Waals surface area contributed by atoms with E-state index in [1.165, 1.54) is 0 Å². The van der Waals surface area contributed by atoms with Gasteiger partial charge in [-0.25, -0.2) is 4.79 Å². The molecule has 0 aliphatic carbocycles. The Kier molecular flexibility index (Phi) is 3.99. The summed E-state index contributed by atoms with van der Waals surface area (Å²) in [4.78, 5) is 10.9. The number of carbonyl (C=O) groups is 1. The topological polar surface area (TPSA) is 37.3 Å². The molecule has 0 aliphatic rings. The number of hydrogen-bond acceptors (Lipinski definition) is 1. The highest BCUT2D eigenvalue weighted by atomic mass is 35.5. The van der Waals surface area contributed by atoms with E-state index in [1.54, 1.807) is 0 Å². The molecule has 0 bridgehead atoms. The second kappa shape index (κ2) is 4.07. The van der Waals surface area contributed by atoms with Crippen molar-refractivity contribution in [2.75, 3.05) is 0 Å². The van der Waals surface area contributed by atoms with E-state index >= 15 is 0 Å². The van der Waals surface area contributed by atoms with Crippen molar-refractivity contribution in [2.24, 2.45) is 5.41 Å². The molecule has 2 nitrogen and oxygen atoms in total. The fourth-order valence-corrected chi connectivity index (χ4v) is 6.04. The molecule has 0 amide bonds. The highest BCUT2D eigenvalue weighted by Gasteiger charge is 2.34. The van der Waals surface area contributed by atoms with E-state index in [4.69, 9.17) is 16.7 Å². The van der Waals surface area contributed by atoms with Crippen LogP contribution in [-0.2, 0) is 4.79 Å². The van der Waals surface area contributed by atoms with Gasteiger partial charge in [0.25, 0.3) is 0 Å². The molecule has 0 spiro atoms. The lowest BCUT2D eigenvalue weighted by molar-refractivity contribution is -0.132. The molecule has 0 unspecified atom stereocenters. The molecule has 0 saturated heterocycles. The highest BCUT2D eigenvalue weighted by Crippen LogP contribution is 2.36. The minimum Gasteiger partial charge on any atom is -0.477 e. The molecule has 0 rings (SSSR count). The van der Waals surface area contributed by atoms with Crippen LogP contribution in [0.5, 0.6) is 0 Å². The molecule has 0 fully saturated rings. The number of aliphatic carboxylic acids is 1. The molecular weight excluding hydrogens is 216 g/mol. The van der Waals surface area contributed by atoms with Crippen LogP contribution in [0.1, 0.15) is 20.8 Å². The molecule has 0 atom stereocenters. The van der Waals surface area contributed by atoms with Crippen LogP contribution in [0.25, 0.3) is 0 Å². The Morgan fingerprint density at radius 3 is 1.64 bits per heavy atom. The first-order valence-corrected chi connectivity index (χ1v) is 8.49. The molecule has 0 heterocycles. The molecule has 4 heteroatoms. The number of rotatable bonds is 2. The van der Waals surface area contributed by atoms with Gasteiger partial charge in [0.1, 0.15) is 5.03 Å². The van der Waals surface area contributed by atoms with Gasteiger partial charge in [0.2, 0.25) is 0 Å². The number of carboxylic acids is 1. The lowest BCUT2D eigenvalue weighted by Crippen LogP contribution is -2.34. The van der Waals surface area contributed by atoms with Crippen molar-refractivity contribution in [1.29, 1.82) is 0 Å². The number of halogens is 1. The van der Waals surface area contributed by atoms with E-state index < -0.39 is 14.0 Å². The largest absolute Gasteiger partial charge is 0.477 e. The van der Waals surface area contributed by atoms with Gasteiger partial charge in [0, 0.05) is 0 Å². The zero-order valence-electron chi connectivity index (χ0n) is 9.73.